The first kappa shape index (κ1) is 15.3. The second-order valence-corrected chi connectivity index (χ2v) is 6.26. The zero-order valence-electron chi connectivity index (χ0n) is 12.1. The zero-order chi connectivity index (χ0) is 14.5. The van der Waals surface area contributed by atoms with E-state index < -0.39 is 0 Å². The van der Waals surface area contributed by atoms with Gasteiger partial charge in [-0.3, -0.25) is 5.32 Å². The number of aryl methyl sites for hydroxylation is 1. The van der Waals surface area contributed by atoms with Crippen molar-refractivity contribution in [2.45, 2.75) is 58.1 Å². The van der Waals surface area contributed by atoms with Crippen LogP contribution in [-0.4, -0.2) is 39.7 Å². The molecule has 112 valence electrons. The van der Waals surface area contributed by atoms with Crippen LogP contribution in [0.15, 0.2) is 5.38 Å². The molecule has 0 radical (unpaired) electrons. The van der Waals surface area contributed by atoms with E-state index in [1.807, 2.05) is 10.3 Å². The molecule has 2 unspecified atom stereocenters. The average molecular weight is 297 g/mol. The summed E-state index contributed by atoms with van der Waals surface area (Å²) in [6, 6.07) is 0.0515. The molecule has 1 aliphatic rings. The number of likely N-dealkylation sites (tertiary alicyclic amines) is 1. The number of nitrogens with zero attached hydrogens (tertiary/aromatic N) is 2. The van der Waals surface area contributed by atoms with Crippen molar-refractivity contribution in [3.05, 3.63) is 11.1 Å². The van der Waals surface area contributed by atoms with Crippen LogP contribution >= 0.6 is 11.3 Å². The van der Waals surface area contributed by atoms with E-state index in [1.165, 1.54) is 11.3 Å². The summed E-state index contributed by atoms with van der Waals surface area (Å²) in [5.41, 5.74) is 1.04. The maximum atomic E-state index is 12.3. The van der Waals surface area contributed by atoms with Gasteiger partial charge in [-0.05, 0) is 32.6 Å². The van der Waals surface area contributed by atoms with Crippen molar-refractivity contribution in [3.63, 3.8) is 0 Å². The molecule has 0 aromatic carbocycles. The van der Waals surface area contributed by atoms with Gasteiger partial charge < -0.3 is 10.0 Å². The molecule has 2 amide bonds. The fraction of sp³-hybridized carbons (Fsp3) is 0.714. The highest BCUT2D eigenvalue weighted by atomic mass is 32.1. The van der Waals surface area contributed by atoms with Crippen LogP contribution in [0.25, 0.3) is 0 Å². The number of amides is 2. The molecule has 5 nitrogen and oxygen atoms in total. The number of aliphatic hydroxyl groups excluding tert-OH is 1. The number of urea groups is 1. The number of aromatic nitrogens is 1. The Kier molecular flexibility index (Phi) is 5.37. The smallest absolute Gasteiger partial charge is 0.323 e. The van der Waals surface area contributed by atoms with Gasteiger partial charge in [-0.25, -0.2) is 9.78 Å². The molecule has 2 atom stereocenters. The van der Waals surface area contributed by atoms with E-state index in [1.54, 1.807) is 6.92 Å². The second kappa shape index (κ2) is 7.04. The number of nitrogens with one attached hydrogen (secondary N) is 1. The third kappa shape index (κ3) is 3.93. The van der Waals surface area contributed by atoms with E-state index in [-0.39, 0.29) is 18.2 Å². The Morgan fingerprint density at radius 1 is 1.70 bits per heavy atom. The van der Waals surface area contributed by atoms with E-state index in [0.29, 0.717) is 11.6 Å². The van der Waals surface area contributed by atoms with Gasteiger partial charge in [0.25, 0.3) is 0 Å². The fourth-order valence-corrected chi connectivity index (χ4v) is 3.37. The number of hydrogen-bond acceptors (Lipinski definition) is 4. The molecule has 20 heavy (non-hydrogen) atoms. The van der Waals surface area contributed by atoms with E-state index in [2.05, 4.69) is 17.2 Å². The quantitative estimate of drug-likeness (QED) is 0.878. The summed E-state index contributed by atoms with van der Waals surface area (Å²) < 4.78 is 0. The lowest BCUT2D eigenvalue weighted by Crippen LogP contribution is -2.40. The Labute approximate surface area is 124 Å². The first-order valence-electron chi connectivity index (χ1n) is 7.30. The van der Waals surface area contributed by atoms with Gasteiger partial charge in [-0.2, -0.15) is 0 Å². The molecule has 1 fully saturated rings. The van der Waals surface area contributed by atoms with Crippen molar-refractivity contribution < 1.29 is 9.90 Å². The lowest BCUT2D eigenvalue weighted by molar-refractivity contribution is 0.142. The number of carbonyl (C=O) groups is 1. The summed E-state index contributed by atoms with van der Waals surface area (Å²) in [6.07, 6.45) is 4.25. The summed E-state index contributed by atoms with van der Waals surface area (Å²) in [5, 5.41) is 15.0. The maximum absolute atomic E-state index is 12.3. The minimum absolute atomic E-state index is 0.0921. The highest BCUT2D eigenvalue weighted by molar-refractivity contribution is 7.13. The summed E-state index contributed by atoms with van der Waals surface area (Å²) in [4.78, 5) is 18.5. The van der Waals surface area contributed by atoms with Crippen molar-refractivity contribution in [2.24, 2.45) is 0 Å². The molecule has 2 N–H and O–H groups in total. The third-order valence-electron chi connectivity index (χ3n) is 3.52. The molecular formula is C14H23N3O2S. The molecule has 6 heteroatoms. The molecule has 1 saturated heterocycles. The van der Waals surface area contributed by atoms with Crippen molar-refractivity contribution in [3.8, 4) is 0 Å². The number of aliphatic hydroxyl groups is 1. The van der Waals surface area contributed by atoms with Crippen LogP contribution in [0.1, 0.15) is 45.2 Å². The SMILES string of the molecule is CCCc1csc(NC(=O)N2CCCC2CC(C)O)n1. The van der Waals surface area contributed by atoms with Crippen LogP contribution in [-0.2, 0) is 6.42 Å². The number of hydrogen-bond donors (Lipinski definition) is 2. The summed E-state index contributed by atoms with van der Waals surface area (Å²) >= 11 is 1.47. The van der Waals surface area contributed by atoms with Crippen molar-refractivity contribution >= 4 is 22.5 Å². The van der Waals surface area contributed by atoms with E-state index >= 15 is 0 Å². The van der Waals surface area contributed by atoms with Crippen molar-refractivity contribution in [2.75, 3.05) is 11.9 Å². The Hall–Kier alpha value is -1.14. The molecule has 1 aliphatic heterocycles. The largest absolute Gasteiger partial charge is 0.393 e. The fourth-order valence-electron chi connectivity index (χ4n) is 2.64. The highest BCUT2D eigenvalue weighted by Gasteiger charge is 2.29. The van der Waals surface area contributed by atoms with Gasteiger partial charge >= 0.3 is 6.03 Å². The van der Waals surface area contributed by atoms with Crippen molar-refractivity contribution in [1.82, 2.24) is 9.88 Å². The predicted molar refractivity (Wildman–Crippen MR) is 81.2 cm³/mol. The number of anilines is 1. The van der Waals surface area contributed by atoms with Gasteiger partial charge in [0, 0.05) is 18.0 Å². The molecule has 1 aromatic heterocycles. The molecule has 2 rings (SSSR count). The zero-order valence-corrected chi connectivity index (χ0v) is 12.9. The molecular weight excluding hydrogens is 274 g/mol. The standard InChI is InChI=1S/C14H23N3O2S/c1-3-5-11-9-20-13(15-11)16-14(19)17-7-4-6-12(17)8-10(2)18/h9-10,12,18H,3-8H2,1-2H3,(H,15,16,19). The van der Waals surface area contributed by atoms with Gasteiger partial charge in [0.2, 0.25) is 0 Å². The first-order valence-corrected chi connectivity index (χ1v) is 8.18. The summed E-state index contributed by atoms with van der Waals surface area (Å²) in [7, 11) is 0. The van der Waals surface area contributed by atoms with Crippen LogP contribution in [0.5, 0.6) is 0 Å². The summed E-state index contributed by atoms with van der Waals surface area (Å²) in [5.74, 6) is 0. The topological polar surface area (TPSA) is 65.5 Å². The van der Waals surface area contributed by atoms with Crippen LogP contribution in [0.3, 0.4) is 0 Å². The molecule has 2 heterocycles. The van der Waals surface area contributed by atoms with Gasteiger partial charge in [0.15, 0.2) is 5.13 Å². The Morgan fingerprint density at radius 2 is 2.50 bits per heavy atom. The highest BCUT2D eigenvalue weighted by Crippen LogP contribution is 2.23. The molecule has 0 saturated carbocycles. The van der Waals surface area contributed by atoms with Crippen LogP contribution < -0.4 is 5.32 Å². The van der Waals surface area contributed by atoms with E-state index in [0.717, 1.165) is 37.9 Å². The lowest BCUT2D eigenvalue weighted by Gasteiger charge is -2.25. The minimum atomic E-state index is -0.371. The van der Waals surface area contributed by atoms with Crippen LogP contribution in [0.4, 0.5) is 9.93 Å². The van der Waals surface area contributed by atoms with E-state index in [4.69, 9.17) is 0 Å². The van der Waals surface area contributed by atoms with E-state index in [9.17, 15) is 9.90 Å². The monoisotopic (exact) mass is 297 g/mol. The van der Waals surface area contributed by atoms with Crippen molar-refractivity contribution in [1.29, 1.82) is 0 Å². The first-order chi connectivity index (χ1) is 9.60. The Balaban J connectivity index is 1.92. The van der Waals surface area contributed by atoms with Gasteiger partial charge in [0.1, 0.15) is 0 Å². The minimum Gasteiger partial charge on any atom is -0.393 e. The van der Waals surface area contributed by atoms with Gasteiger partial charge in [0.05, 0.1) is 11.8 Å². The third-order valence-corrected chi connectivity index (χ3v) is 4.33. The molecule has 1 aromatic rings. The normalized spacial score (nSPS) is 20.1. The second-order valence-electron chi connectivity index (χ2n) is 5.40. The molecule has 0 bridgehead atoms. The van der Waals surface area contributed by atoms with Gasteiger partial charge in [-0.15, -0.1) is 11.3 Å². The average Bonchev–Trinajstić information content (AvgIpc) is 2.98. The molecule has 0 spiro atoms. The Morgan fingerprint density at radius 3 is 3.20 bits per heavy atom. The number of thiazole rings is 1. The van der Waals surface area contributed by atoms with Crippen LogP contribution in [0, 0.1) is 0 Å². The van der Waals surface area contributed by atoms with Gasteiger partial charge in [-0.1, -0.05) is 13.3 Å². The number of rotatable bonds is 5. The van der Waals surface area contributed by atoms with Crippen LogP contribution in [0.2, 0.25) is 0 Å². The predicted octanol–water partition coefficient (Wildman–Crippen LogP) is 2.86. The lowest BCUT2D eigenvalue weighted by atomic mass is 10.1. The Bertz CT molecular complexity index is 447. The summed E-state index contributed by atoms with van der Waals surface area (Å²) in [6.45, 7) is 4.64. The molecule has 0 aliphatic carbocycles. The number of carbonyl (C=O) groups excluding carboxylic acids is 1. The maximum Gasteiger partial charge on any atom is 0.323 e.